The van der Waals surface area contributed by atoms with Gasteiger partial charge < -0.3 is 15.8 Å². The number of nitro groups is 1. The van der Waals surface area contributed by atoms with E-state index < -0.39 is 16.6 Å². The van der Waals surface area contributed by atoms with Crippen molar-refractivity contribution < 1.29 is 9.72 Å². The van der Waals surface area contributed by atoms with Gasteiger partial charge in [0.15, 0.2) is 0 Å². The molecule has 0 bridgehead atoms. The normalized spacial score (nSPS) is 10.2. The van der Waals surface area contributed by atoms with E-state index >= 15 is 0 Å². The fourth-order valence-corrected chi connectivity index (χ4v) is 1.41. The van der Waals surface area contributed by atoms with Crippen molar-refractivity contribution in [2.45, 2.75) is 0 Å². The quantitative estimate of drug-likeness (QED) is 0.587. The molecule has 2 aromatic rings. The van der Waals surface area contributed by atoms with Crippen LogP contribution in [0.4, 0.5) is 5.82 Å². The van der Waals surface area contributed by atoms with Crippen molar-refractivity contribution in [3.8, 4) is 0 Å². The zero-order valence-electron chi connectivity index (χ0n) is 7.95. The third-order valence-electron chi connectivity index (χ3n) is 2.07. The number of nitrogens with two attached hydrogens (primary N) is 1. The van der Waals surface area contributed by atoms with Crippen LogP contribution in [0, 0.1) is 10.1 Å². The highest BCUT2D eigenvalue weighted by Gasteiger charge is 2.24. The van der Waals surface area contributed by atoms with Gasteiger partial charge >= 0.3 is 5.82 Å². The molecule has 0 radical (unpaired) electrons. The lowest BCUT2D eigenvalue weighted by molar-refractivity contribution is -0.390. The highest BCUT2D eigenvalue weighted by Crippen LogP contribution is 2.22. The molecule has 1 amide bonds. The van der Waals surface area contributed by atoms with Gasteiger partial charge in [-0.3, -0.25) is 4.79 Å². The van der Waals surface area contributed by atoms with E-state index in [0.717, 1.165) is 0 Å². The first-order chi connectivity index (χ1) is 7.61. The van der Waals surface area contributed by atoms with Gasteiger partial charge in [0.2, 0.25) is 0 Å². The molecule has 0 atom stereocenters. The Morgan fingerprint density at radius 1 is 1.31 bits per heavy atom. The first-order valence-corrected chi connectivity index (χ1v) is 4.31. The maximum absolute atomic E-state index is 11.2. The van der Waals surface area contributed by atoms with Crippen molar-refractivity contribution in [2.24, 2.45) is 5.73 Å². The smallest absolute Gasteiger partial charge is 0.365 e. The summed E-state index contributed by atoms with van der Waals surface area (Å²) in [4.78, 5) is 21.1. The summed E-state index contributed by atoms with van der Waals surface area (Å²) in [6, 6.07) is 6.46. The average molecular weight is 218 g/mol. The summed E-state index contributed by atoms with van der Waals surface area (Å²) in [6.45, 7) is 0. The summed E-state index contributed by atoms with van der Waals surface area (Å²) in [5.74, 6) is -1.51. The molecule has 0 saturated heterocycles. The van der Waals surface area contributed by atoms with Crippen LogP contribution in [0.3, 0.4) is 0 Å². The molecule has 0 aliphatic carbocycles. The zero-order valence-corrected chi connectivity index (χ0v) is 7.95. The first kappa shape index (κ1) is 9.97. The van der Waals surface area contributed by atoms with Gasteiger partial charge in [-0.15, -0.1) is 0 Å². The van der Waals surface area contributed by atoms with Crippen LogP contribution in [-0.4, -0.2) is 21.0 Å². The molecule has 0 unspecified atom stereocenters. The molecular formula is C9H6N4O3. The van der Waals surface area contributed by atoms with Crippen molar-refractivity contribution in [1.82, 2.24) is 10.2 Å². The van der Waals surface area contributed by atoms with Crippen molar-refractivity contribution in [1.29, 1.82) is 0 Å². The second-order valence-electron chi connectivity index (χ2n) is 3.04. The Labute approximate surface area is 89.0 Å². The van der Waals surface area contributed by atoms with Crippen LogP contribution in [0.5, 0.6) is 0 Å². The van der Waals surface area contributed by atoms with E-state index in [1.165, 1.54) is 6.07 Å². The lowest BCUT2D eigenvalue weighted by Gasteiger charge is -2.00. The largest absolute Gasteiger partial charge is 0.404 e. The van der Waals surface area contributed by atoms with Gasteiger partial charge in [0, 0.05) is 5.39 Å². The van der Waals surface area contributed by atoms with Crippen LogP contribution >= 0.6 is 0 Å². The topological polar surface area (TPSA) is 112 Å². The lowest BCUT2D eigenvalue weighted by Crippen LogP contribution is -2.15. The number of fused-ring (bicyclic) bond motifs is 1. The summed E-state index contributed by atoms with van der Waals surface area (Å²) in [5, 5.41) is 18.0. The molecule has 0 aliphatic heterocycles. The van der Waals surface area contributed by atoms with Gasteiger partial charge in [0.25, 0.3) is 5.91 Å². The van der Waals surface area contributed by atoms with Gasteiger partial charge in [-0.05, 0) is 16.1 Å². The summed E-state index contributed by atoms with van der Waals surface area (Å²) >= 11 is 0. The Morgan fingerprint density at radius 2 is 2.00 bits per heavy atom. The standard InChI is InChI=1S/C9H6N4O3/c10-8(14)7-5-3-1-2-4-6(5)11-12-9(7)13(15)16/h1-4H,(H2,10,14). The Balaban J connectivity index is 2.90. The molecule has 1 heterocycles. The fraction of sp³-hybridized carbons (Fsp3) is 0. The summed E-state index contributed by atoms with van der Waals surface area (Å²) in [5.41, 5.74) is 5.29. The molecule has 7 nitrogen and oxygen atoms in total. The van der Waals surface area contributed by atoms with E-state index in [1.54, 1.807) is 18.2 Å². The van der Waals surface area contributed by atoms with Gasteiger partial charge in [-0.25, -0.2) is 0 Å². The maximum Gasteiger partial charge on any atom is 0.404 e. The van der Waals surface area contributed by atoms with Crippen molar-refractivity contribution in [3.05, 3.63) is 39.9 Å². The molecular weight excluding hydrogens is 212 g/mol. The van der Waals surface area contributed by atoms with E-state index in [1.807, 2.05) is 0 Å². The molecule has 1 aromatic heterocycles. The van der Waals surface area contributed by atoms with Crippen LogP contribution in [-0.2, 0) is 0 Å². The third kappa shape index (κ3) is 1.44. The summed E-state index contributed by atoms with van der Waals surface area (Å²) in [6.07, 6.45) is 0. The monoisotopic (exact) mass is 218 g/mol. The van der Waals surface area contributed by atoms with Gasteiger partial charge in [0.05, 0.1) is 5.10 Å². The molecule has 0 fully saturated rings. The van der Waals surface area contributed by atoms with E-state index in [2.05, 4.69) is 10.2 Å². The van der Waals surface area contributed by atoms with Crippen molar-refractivity contribution in [3.63, 3.8) is 0 Å². The van der Waals surface area contributed by atoms with Crippen molar-refractivity contribution in [2.75, 3.05) is 0 Å². The summed E-state index contributed by atoms with van der Waals surface area (Å²) < 4.78 is 0. The third-order valence-corrected chi connectivity index (χ3v) is 2.07. The van der Waals surface area contributed by atoms with E-state index in [4.69, 9.17) is 5.73 Å². The van der Waals surface area contributed by atoms with Crippen LogP contribution < -0.4 is 5.73 Å². The van der Waals surface area contributed by atoms with E-state index in [0.29, 0.717) is 10.9 Å². The highest BCUT2D eigenvalue weighted by atomic mass is 16.6. The fourth-order valence-electron chi connectivity index (χ4n) is 1.41. The maximum atomic E-state index is 11.2. The molecule has 7 heteroatoms. The van der Waals surface area contributed by atoms with Gasteiger partial charge in [-0.1, -0.05) is 18.2 Å². The SMILES string of the molecule is NC(=O)c1c([N+](=O)[O-])nnc2ccccc12. The predicted octanol–water partition coefficient (Wildman–Crippen LogP) is 0.637. The number of amides is 1. The number of hydrogen-bond donors (Lipinski definition) is 1. The second-order valence-corrected chi connectivity index (χ2v) is 3.04. The summed E-state index contributed by atoms with van der Waals surface area (Å²) in [7, 11) is 0. The molecule has 80 valence electrons. The molecule has 0 spiro atoms. The molecule has 0 aliphatic rings. The van der Waals surface area contributed by atoms with Crippen molar-refractivity contribution >= 4 is 22.6 Å². The van der Waals surface area contributed by atoms with Crippen LogP contribution in [0.15, 0.2) is 24.3 Å². The average Bonchev–Trinajstić information content (AvgIpc) is 2.27. The molecule has 1 aromatic carbocycles. The molecule has 2 N–H and O–H groups in total. The Morgan fingerprint density at radius 3 is 2.62 bits per heavy atom. The van der Waals surface area contributed by atoms with Gasteiger partial charge in [0.1, 0.15) is 11.1 Å². The van der Waals surface area contributed by atoms with E-state index in [-0.39, 0.29) is 5.56 Å². The minimum absolute atomic E-state index is 0.212. The number of primary amides is 1. The number of carbonyl (C=O) groups is 1. The number of hydrogen-bond acceptors (Lipinski definition) is 5. The Kier molecular flexibility index (Phi) is 2.20. The molecule has 16 heavy (non-hydrogen) atoms. The van der Waals surface area contributed by atoms with Crippen LogP contribution in [0.2, 0.25) is 0 Å². The van der Waals surface area contributed by atoms with Crippen LogP contribution in [0.25, 0.3) is 10.9 Å². The Bertz CT molecular complexity index is 596. The minimum Gasteiger partial charge on any atom is -0.365 e. The second kappa shape index (κ2) is 3.54. The van der Waals surface area contributed by atoms with Crippen LogP contribution in [0.1, 0.15) is 10.4 Å². The predicted molar refractivity (Wildman–Crippen MR) is 54.7 cm³/mol. The van der Waals surface area contributed by atoms with E-state index in [9.17, 15) is 14.9 Å². The number of carbonyl (C=O) groups excluding carboxylic acids is 1. The molecule has 0 saturated carbocycles. The number of aromatic nitrogens is 2. The number of benzene rings is 1. The number of rotatable bonds is 2. The lowest BCUT2D eigenvalue weighted by atomic mass is 10.1. The Hall–Kier alpha value is -2.57. The minimum atomic E-state index is -0.891. The zero-order chi connectivity index (χ0) is 11.7. The molecule has 2 rings (SSSR count). The number of nitrogens with zero attached hydrogens (tertiary/aromatic N) is 3. The first-order valence-electron chi connectivity index (χ1n) is 4.31. The highest BCUT2D eigenvalue weighted by molar-refractivity contribution is 6.07. The van der Waals surface area contributed by atoms with Gasteiger partial charge in [-0.2, -0.15) is 0 Å².